The van der Waals surface area contributed by atoms with Crippen molar-refractivity contribution in [2.75, 3.05) is 19.0 Å². The summed E-state index contributed by atoms with van der Waals surface area (Å²) in [5.41, 5.74) is 2.39. The number of nitrogens with zero attached hydrogens (tertiary/aromatic N) is 3. The van der Waals surface area contributed by atoms with Crippen LogP contribution in [0, 0.1) is 0 Å². The smallest absolute Gasteiger partial charge is 0.155 e. The summed E-state index contributed by atoms with van der Waals surface area (Å²) in [6, 6.07) is 0. The summed E-state index contributed by atoms with van der Waals surface area (Å²) in [6.07, 6.45) is 5.24. The van der Waals surface area contributed by atoms with E-state index in [1.54, 1.807) is 24.1 Å². The van der Waals surface area contributed by atoms with E-state index in [0.717, 1.165) is 11.2 Å². The number of nitrogens with one attached hydrogen (secondary N) is 1. The maximum Gasteiger partial charge on any atom is 0.155 e. The molecular formula is C14H20N4O2. The highest BCUT2D eigenvalue weighted by Crippen LogP contribution is 2.27. The van der Waals surface area contributed by atoms with Crippen molar-refractivity contribution in [1.82, 2.24) is 14.8 Å². The Morgan fingerprint density at radius 1 is 1.55 bits per heavy atom. The Bertz CT molecular complexity index is 619. The molecule has 0 fully saturated rings. The van der Waals surface area contributed by atoms with Crippen LogP contribution < -0.4 is 5.32 Å². The number of methoxy groups -OCH3 is 1. The van der Waals surface area contributed by atoms with Crippen LogP contribution in [0.3, 0.4) is 0 Å². The summed E-state index contributed by atoms with van der Waals surface area (Å²) in [4.78, 5) is 4.32. The zero-order valence-corrected chi connectivity index (χ0v) is 12.1. The van der Waals surface area contributed by atoms with Gasteiger partial charge in [-0.3, -0.25) is 4.98 Å². The van der Waals surface area contributed by atoms with Crippen LogP contribution in [0.5, 0.6) is 0 Å². The van der Waals surface area contributed by atoms with E-state index in [0.29, 0.717) is 17.6 Å². The number of aliphatic hydroxyl groups is 1. The standard InChI is InChI=1S/C14H20N4O2/c1-5-6-15-12-10(9-19)7-16-11-8-18(17-13(11)12)14(2,3)20-4/h5,7-8,15,19H,1,6,9H2,2-4H3. The second-order valence-electron chi connectivity index (χ2n) is 4.94. The van der Waals surface area contributed by atoms with Crippen LogP contribution in [0.1, 0.15) is 19.4 Å². The molecular weight excluding hydrogens is 256 g/mol. The van der Waals surface area contributed by atoms with Crippen LogP contribution in [0.2, 0.25) is 0 Å². The first-order valence-electron chi connectivity index (χ1n) is 6.42. The lowest BCUT2D eigenvalue weighted by Crippen LogP contribution is -2.28. The van der Waals surface area contributed by atoms with Crippen molar-refractivity contribution in [1.29, 1.82) is 0 Å². The average Bonchev–Trinajstić information content (AvgIpc) is 2.89. The molecule has 0 spiro atoms. The molecule has 2 heterocycles. The summed E-state index contributed by atoms with van der Waals surface area (Å²) < 4.78 is 7.14. The maximum absolute atomic E-state index is 9.42. The highest BCUT2D eigenvalue weighted by Gasteiger charge is 2.22. The molecule has 2 N–H and O–H groups in total. The molecule has 0 radical (unpaired) electrons. The van der Waals surface area contributed by atoms with Crippen molar-refractivity contribution in [2.45, 2.75) is 26.2 Å². The van der Waals surface area contributed by atoms with E-state index in [1.165, 1.54) is 0 Å². The summed E-state index contributed by atoms with van der Waals surface area (Å²) in [6.45, 7) is 8.02. The minimum absolute atomic E-state index is 0.0943. The van der Waals surface area contributed by atoms with E-state index in [4.69, 9.17) is 4.74 Å². The summed E-state index contributed by atoms with van der Waals surface area (Å²) in [5.74, 6) is 0. The average molecular weight is 276 g/mol. The first-order chi connectivity index (χ1) is 9.53. The zero-order valence-electron chi connectivity index (χ0n) is 12.1. The number of hydrogen-bond acceptors (Lipinski definition) is 5. The summed E-state index contributed by atoms with van der Waals surface area (Å²) >= 11 is 0. The van der Waals surface area contributed by atoms with Gasteiger partial charge in [0.15, 0.2) is 5.72 Å². The van der Waals surface area contributed by atoms with E-state index in [-0.39, 0.29) is 6.61 Å². The molecule has 2 aromatic rings. The van der Waals surface area contributed by atoms with Gasteiger partial charge < -0.3 is 15.2 Å². The van der Waals surface area contributed by atoms with Gasteiger partial charge in [0.1, 0.15) is 11.0 Å². The number of hydrogen-bond donors (Lipinski definition) is 2. The van der Waals surface area contributed by atoms with Crippen LogP contribution in [-0.2, 0) is 17.1 Å². The molecule has 0 aliphatic rings. The predicted octanol–water partition coefficient (Wildman–Crippen LogP) is 1.86. The van der Waals surface area contributed by atoms with E-state index < -0.39 is 5.72 Å². The number of anilines is 1. The van der Waals surface area contributed by atoms with Gasteiger partial charge in [-0.15, -0.1) is 6.58 Å². The Morgan fingerprint density at radius 2 is 2.30 bits per heavy atom. The van der Waals surface area contributed by atoms with Crippen molar-refractivity contribution in [3.63, 3.8) is 0 Å². The van der Waals surface area contributed by atoms with E-state index in [9.17, 15) is 5.11 Å². The fourth-order valence-electron chi connectivity index (χ4n) is 1.86. The van der Waals surface area contributed by atoms with E-state index in [1.807, 2.05) is 20.0 Å². The molecule has 20 heavy (non-hydrogen) atoms. The molecule has 0 saturated carbocycles. The molecule has 0 aliphatic carbocycles. The normalized spacial score (nSPS) is 11.8. The number of aliphatic hydroxyl groups excluding tert-OH is 1. The predicted molar refractivity (Wildman–Crippen MR) is 78.5 cm³/mol. The molecule has 0 saturated heterocycles. The maximum atomic E-state index is 9.42. The monoisotopic (exact) mass is 276 g/mol. The zero-order chi connectivity index (χ0) is 14.8. The summed E-state index contributed by atoms with van der Waals surface area (Å²) in [7, 11) is 1.63. The fourth-order valence-corrected chi connectivity index (χ4v) is 1.86. The summed E-state index contributed by atoms with van der Waals surface area (Å²) in [5, 5.41) is 17.2. The van der Waals surface area contributed by atoms with Crippen molar-refractivity contribution >= 4 is 16.7 Å². The lowest BCUT2D eigenvalue weighted by atomic mass is 10.2. The van der Waals surface area contributed by atoms with Crippen molar-refractivity contribution < 1.29 is 9.84 Å². The van der Waals surface area contributed by atoms with E-state index in [2.05, 4.69) is 22.0 Å². The fraction of sp³-hybridized carbons (Fsp3) is 0.429. The molecule has 2 rings (SSSR count). The van der Waals surface area contributed by atoms with Gasteiger partial charge in [-0.05, 0) is 13.8 Å². The Labute approximate surface area is 118 Å². The van der Waals surface area contributed by atoms with Gasteiger partial charge in [0.2, 0.25) is 0 Å². The van der Waals surface area contributed by atoms with Gasteiger partial charge in [0, 0.05) is 25.4 Å². The first kappa shape index (κ1) is 14.5. The molecule has 0 aliphatic heterocycles. The van der Waals surface area contributed by atoms with Crippen molar-refractivity contribution in [3.8, 4) is 0 Å². The lowest BCUT2D eigenvalue weighted by Gasteiger charge is -2.23. The Morgan fingerprint density at radius 3 is 2.90 bits per heavy atom. The third-order valence-corrected chi connectivity index (χ3v) is 3.26. The first-order valence-corrected chi connectivity index (χ1v) is 6.42. The third kappa shape index (κ3) is 2.52. The molecule has 108 valence electrons. The van der Waals surface area contributed by atoms with Crippen LogP contribution in [0.4, 0.5) is 5.69 Å². The molecule has 2 aromatic heterocycles. The lowest BCUT2D eigenvalue weighted by molar-refractivity contribution is -0.0543. The molecule has 0 unspecified atom stereocenters. The highest BCUT2D eigenvalue weighted by molar-refractivity contribution is 5.89. The number of aromatic nitrogens is 3. The van der Waals surface area contributed by atoms with E-state index >= 15 is 0 Å². The molecule has 0 aromatic carbocycles. The highest BCUT2D eigenvalue weighted by atomic mass is 16.5. The van der Waals surface area contributed by atoms with Crippen LogP contribution in [0.15, 0.2) is 25.0 Å². The number of ether oxygens (including phenoxy) is 1. The second kappa shape index (κ2) is 5.60. The largest absolute Gasteiger partial charge is 0.392 e. The topological polar surface area (TPSA) is 72.2 Å². The van der Waals surface area contributed by atoms with Gasteiger partial charge in [0.05, 0.1) is 18.5 Å². The quantitative estimate of drug-likeness (QED) is 0.788. The second-order valence-corrected chi connectivity index (χ2v) is 4.94. The van der Waals surface area contributed by atoms with Crippen molar-refractivity contribution in [2.24, 2.45) is 0 Å². The van der Waals surface area contributed by atoms with Crippen molar-refractivity contribution in [3.05, 3.63) is 30.6 Å². The Kier molecular flexibility index (Phi) is 4.06. The molecule has 6 nitrogen and oxygen atoms in total. The van der Waals surface area contributed by atoms with Gasteiger partial charge in [-0.25, -0.2) is 4.68 Å². The van der Waals surface area contributed by atoms with Crippen LogP contribution in [0.25, 0.3) is 11.0 Å². The van der Waals surface area contributed by atoms with Gasteiger partial charge >= 0.3 is 0 Å². The third-order valence-electron chi connectivity index (χ3n) is 3.26. The van der Waals surface area contributed by atoms with Gasteiger partial charge in [-0.2, -0.15) is 5.10 Å². The van der Waals surface area contributed by atoms with Gasteiger partial charge in [-0.1, -0.05) is 6.08 Å². The minimum atomic E-state index is -0.560. The molecule has 0 amide bonds. The Hall–Kier alpha value is -1.92. The molecule has 0 atom stereocenters. The molecule has 6 heteroatoms. The van der Waals surface area contributed by atoms with Crippen LogP contribution in [-0.4, -0.2) is 33.5 Å². The van der Waals surface area contributed by atoms with Gasteiger partial charge in [0.25, 0.3) is 0 Å². The Balaban J connectivity index is 2.58. The van der Waals surface area contributed by atoms with Crippen LogP contribution >= 0.6 is 0 Å². The number of fused-ring (bicyclic) bond motifs is 1. The number of pyridine rings is 1. The SMILES string of the molecule is C=CCNc1c(CO)cnc2cn(C(C)(C)OC)nc12. The molecule has 0 bridgehead atoms. The minimum Gasteiger partial charge on any atom is -0.392 e. The number of rotatable bonds is 6.